The van der Waals surface area contributed by atoms with Gasteiger partial charge in [0.25, 0.3) is 0 Å². The molecule has 11 heteroatoms. The van der Waals surface area contributed by atoms with Gasteiger partial charge in [-0.25, -0.2) is 4.79 Å². The minimum absolute atomic E-state index is 0.231. The number of likely N-dealkylation sites (tertiary alicyclic amines) is 1. The second kappa shape index (κ2) is 11.3. The Hall–Kier alpha value is -3.44. The molecule has 1 fully saturated rings. The van der Waals surface area contributed by atoms with Crippen molar-refractivity contribution < 1.29 is 29.4 Å². The molecule has 4 atom stereocenters. The van der Waals surface area contributed by atoms with Gasteiger partial charge in [0.05, 0.1) is 12.6 Å². The Morgan fingerprint density at radius 1 is 1.17 bits per heavy atom. The number of rotatable bonds is 10. The number of carboxylic acid groups (broad SMARTS) is 1. The lowest BCUT2D eigenvalue weighted by molar-refractivity contribution is -0.150. The van der Waals surface area contributed by atoms with Crippen molar-refractivity contribution in [2.45, 2.75) is 57.3 Å². The maximum Gasteiger partial charge on any atom is 0.326 e. The molecule has 11 nitrogen and oxygen atoms in total. The minimum Gasteiger partial charge on any atom is -0.480 e. The van der Waals surface area contributed by atoms with Gasteiger partial charge < -0.3 is 36.5 Å². The number of aromatic amines is 1. The van der Waals surface area contributed by atoms with Crippen LogP contribution in [0.25, 0.3) is 10.9 Å². The number of carboxylic acids is 1. The SMILES string of the molecule is CC(C)C(NC(=O)C(N)Cc1c[nH]c2ccccc12)C(=O)NC(CO)C(=O)N1CCCC1C(=O)O. The first-order valence-corrected chi connectivity index (χ1v) is 11.7. The average molecular weight is 488 g/mol. The van der Waals surface area contributed by atoms with Crippen LogP contribution in [0.2, 0.25) is 0 Å². The van der Waals surface area contributed by atoms with Gasteiger partial charge in [-0.15, -0.1) is 0 Å². The Bertz CT molecular complexity index is 1080. The van der Waals surface area contributed by atoms with Crippen molar-refractivity contribution in [1.82, 2.24) is 20.5 Å². The molecule has 0 bridgehead atoms. The molecule has 1 aromatic carbocycles. The van der Waals surface area contributed by atoms with E-state index >= 15 is 0 Å². The molecule has 7 N–H and O–H groups in total. The van der Waals surface area contributed by atoms with E-state index in [0.29, 0.717) is 12.8 Å². The number of carbonyl (C=O) groups is 4. The van der Waals surface area contributed by atoms with E-state index in [1.807, 2.05) is 24.3 Å². The van der Waals surface area contributed by atoms with Gasteiger partial charge in [-0.2, -0.15) is 0 Å². The molecule has 1 saturated heterocycles. The van der Waals surface area contributed by atoms with Crippen molar-refractivity contribution in [1.29, 1.82) is 0 Å². The van der Waals surface area contributed by atoms with E-state index in [1.54, 1.807) is 20.0 Å². The zero-order valence-corrected chi connectivity index (χ0v) is 19.9. The van der Waals surface area contributed by atoms with Gasteiger partial charge in [0.15, 0.2) is 0 Å². The van der Waals surface area contributed by atoms with Crippen LogP contribution in [0.3, 0.4) is 0 Å². The second-order valence-corrected chi connectivity index (χ2v) is 9.17. The molecule has 0 spiro atoms. The van der Waals surface area contributed by atoms with Crippen molar-refractivity contribution in [2.75, 3.05) is 13.2 Å². The predicted molar refractivity (Wildman–Crippen MR) is 128 cm³/mol. The molecule has 3 amide bonds. The predicted octanol–water partition coefficient (Wildman–Crippen LogP) is -0.269. The highest BCUT2D eigenvalue weighted by Gasteiger charge is 2.38. The van der Waals surface area contributed by atoms with E-state index in [1.165, 1.54) is 0 Å². The maximum atomic E-state index is 13.0. The Balaban J connectivity index is 1.64. The van der Waals surface area contributed by atoms with E-state index in [2.05, 4.69) is 15.6 Å². The van der Waals surface area contributed by atoms with Crippen LogP contribution >= 0.6 is 0 Å². The highest BCUT2D eigenvalue weighted by atomic mass is 16.4. The summed E-state index contributed by atoms with van der Waals surface area (Å²) in [7, 11) is 0. The molecule has 1 aliphatic heterocycles. The van der Waals surface area contributed by atoms with Crippen LogP contribution in [-0.4, -0.2) is 81.1 Å². The van der Waals surface area contributed by atoms with Gasteiger partial charge >= 0.3 is 5.97 Å². The number of hydrogen-bond acceptors (Lipinski definition) is 6. The van der Waals surface area contributed by atoms with Gasteiger partial charge in [-0.3, -0.25) is 14.4 Å². The summed E-state index contributed by atoms with van der Waals surface area (Å²) in [6.45, 7) is 2.99. The monoisotopic (exact) mass is 487 g/mol. The van der Waals surface area contributed by atoms with E-state index < -0.39 is 54.5 Å². The van der Waals surface area contributed by atoms with Crippen LogP contribution in [-0.2, 0) is 25.6 Å². The normalized spacial score (nSPS) is 18.3. The smallest absolute Gasteiger partial charge is 0.326 e. The van der Waals surface area contributed by atoms with Crippen molar-refractivity contribution in [3.63, 3.8) is 0 Å². The first-order chi connectivity index (χ1) is 16.6. The molecule has 35 heavy (non-hydrogen) atoms. The second-order valence-electron chi connectivity index (χ2n) is 9.17. The molecular weight excluding hydrogens is 454 g/mol. The molecule has 3 rings (SSSR count). The summed E-state index contributed by atoms with van der Waals surface area (Å²) in [6.07, 6.45) is 2.89. The van der Waals surface area contributed by atoms with Crippen molar-refractivity contribution in [3.05, 3.63) is 36.0 Å². The first kappa shape index (κ1) is 26.2. The molecule has 4 unspecified atom stereocenters. The summed E-state index contributed by atoms with van der Waals surface area (Å²) < 4.78 is 0. The number of benzene rings is 1. The van der Waals surface area contributed by atoms with Crippen molar-refractivity contribution in [2.24, 2.45) is 11.7 Å². The van der Waals surface area contributed by atoms with Crippen LogP contribution < -0.4 is 16.4 Å². The fraction of sp³-hybridized carbons (Fsp3) is 0.500. The van der Waals surface area contributed by atoms with E-state index in [4.69, 9.17) is 5.73 Å². The first-order valence-electron chi connectivity index (χ1n) is 11.7. The van der Waals surface area contributed by atoms with Crippen LogP contribution in [0, 0.1) is 5.92 Å². The zero-order chi connectivity index (χ0) is 25.7. The lowest BCUT2D eigenvalue weighted by Crippen LogP contribution is -2.59. The largest absolute Gasteiger partial charge is 0.480 e. The standard InChI is InChI=1S/C24H33N5O6/c1-13(2)20(22(32)27-18(12-30)23(33)29-9-5-8-19(29)24(34)35)28-21(31)16(25)10-14-11-26-17-7-4-3-6-15(14)17/h3-4,6-7,11,13,16,18-20,26,30H,5,8-10,12,25H2,1-2H3,(H,27,32)(H,28,31)(H,34,35). The van der Waals surface area contributed by atoms with E-state index in [9.17, 15) is 29.4 Å². The number of carbonyl (C=O) groups excluding carboxylic acids is 3. The number of nitrogens with two attached hydrogens (primary N) is 1. The number of amides is 3. The lowest BCUT2D eigenvalue weighted by Gasteiger charge is -2.29. The summed E-state index contributed by atoms with van der Waals surface area (Å²) in [5.41, 5.74) is 7.94. The fourth-order valence-electron chi connectivity index (χ4n) is 4.36. The molecule has 2 heterocycles. The summed E-state index contributed by atoms with van der Waals surface area (Å²) in [6, 6.07) is 3.41. The van der Waals surface area contributed by atoms with E-state index in [0.717, 1.165) is 21.4 Å². The van der Waals surface area contributed by atoms with Crippen LogP contribution in [0.15, 0.2) is 30.5 Å². The third-order valence-electron chi connectivity index (χ3n) is 6.32. The van der Waals surface area contributed by atoms with Crippen LogP contribution in [0.4, 0.5) is 0 Å². The Kier molecular flexibility index (Phi) is 8.47. The number of fused-ring (bicyclic) bond motifs is 1. The van der Waals surface area contributed by atoms with Gasteiger partial charge in [-0.05, 0) is 36.8 Å². The number of para-hydroxylation sites is 1. The van der Waals surface area contributed by atoms with Gasteiger partial charge in [-0.1, -0.05) is 32.0 Å². The molecule has 0 saturated carbocycles. The number of nitrogens with one attached hydrogen (secondary N) is 3. The summed E-state index contributed by atoms with van der Waals surface area (Å²) in [5, 5.41) is 25.1. The molecular formula is C24H33N5O6. The number of H-pyrrole nitrogens is 1. The highest BCUT2D eigenvalue weighted by molar-refractivity contribution is 5.94. The minimum atomic E-state index is -1.32. The quantitative estimate of drug-likeness (QED) is 0.267. The van der Waals surface area contributed by atoms with Crippen molar-refractivity contribution >= 4 is 34.6 Å². The van der Waals surface area contributed by atoms with E-state index in [-0.39, 0.29) is 18.9 Å². The number of aromatic nitrogens is 1. The molecule has 190 valence electrons. The number of hydrogen-bond donors (Lipinski definition) is 6. The summed E-state index contributed by atoms with van der Waals surface area (Å²) in [4.78, 5) is 54.3. The van der Waals surface area contributed by atoms with Gasteiger partial charge in [0.1, 0.15) is 18.1 Å². The number of aliphatic hydroxyl groups is 1. The summed E-state index contributed by atoms with van der Waals surface area (Å²) in [5.74, 6) is -3.33. The highest BCUT2D eigenvalue weighted by Crippen LogP contribution is 2.20. The number of nitrogens with zero attached hydrogens (tertiary/aromatic N) is 1. The molecule has 1 aliphatic rings. The number of aliphatic hydroxyl groups excluding tert-OH is 1. The molecule has 2 aromatic rings. The summed E-state index contributed by atoms with van der Waals surface area (Å²) >= 11 is 0. The third kappa shape index (κ3) is 5.98. The average Bonchev–Trinajstić information content (AvgIpc) is 3.48. The lowest BCUT2D eigenvalue weighted by atomic mass is 10.0. The van der Waals surface area contributed by atoms with Crippen LogP contribution in [0.1, 0.15) is 32.3 Å². The molecule has 0 aliphatic carbocycles. The van der Waals surface area contributed by atoms with Crippen LogP contribution in [0.5, 0.6) is 0 Å². The zero-order valence-electron chi connectivity index (χ0n) is 19.9. The third-order valence-corrected chi connectivity index (χ3v) is 6.32. The fourth-order valence-corrected chi connectivity index (χ4v) is 4.36. The molecule has 1 aromatic heterocycles. The number of aliphatic carboxylic acids is 1. The topological polar surface area (TPSA) is 178 Å². The Morgan fingerprint density at radius 2 is 1.89 bits per heavy atom. The Morgan fingerprint density at radius 3 is 2.54 bits per heavy atom. The maximum absolute atomic E-state index is 13.0. The van der Waals surface area contributed by atoms with Gasteiger partial charge in [0, 0.05) is 23.6 Å². The Labute approximate surface area is 203 Å². The molecule has 0 radical (unpaired) electrons. The van der Waals surface area contributed by atoms with Gasteiger partial charge in [0.2, 0.25) is 17.7 Å². The van der Waals surface area contributed by atoms with Crippen molar-refractivity contribution in [3.8, 4) is 0 Å².